The van der Waals surface area contributed by atoms with E-state index >= 15 is 0 Å². The molecule has 4 nitrogen and oxygen atoms in total. The summed E-state index contributed by atoms with van der Waals surface area (Å²) < 4.78 is 37.9. The molecule has 7 heteroatoms. The maximum absolute atomic E-state index is 12.6. The molecule has 1 aliphatic heterocycles. The van der Waals surface area contributed by atoms with Gasteiger partial charge in [-0.1, -0.05) is 6.92 Å². The van der Waals surface area contributed by atoms with Crippen molar-refractivity contribution >= 4 is 11.6 Å². The van der Waals surface area contributed by atoms with E-state index in [-0.39, 0.29) is 12.8 Å². The van der Waals surface area contributed by atoms with Crippen molar-refractivity contribution in [1.29, 1.82) is 0 Å². The van der Waals surface area contributed by atoms with Crippen LogP contribution in [0.25, 0.3) is 0 Å². The third kappa shape index (κ3) is 3.74. The number of aromatic nitrogens is 2. The summed E-state index contributed by atoms with van der Waals surface area (Å²) in [6, 6.07) is 0. The van der Waals surface area contributed by atoms with Crippen LogP contribution in [0.4, 0.5) is 24.8 Å². The van der Waals surface area contributed by atoms with Gasteiger partial charge < -0.3 is 10.2 Å². The Bertz CT molecular complexity index is 428. The SMILES string of the molecule is CCCNc1cncc(N2CCC(C(F)(F)F)CC2)n1. The molecule has 0 radical (unpaired) electrons. The first kappa shape index (κ1) is 14.9. The van der Waals surface area contributed by atoms with Gasteiger partial charge in [-0.25, -0.2) is 4.98 Å². The van der Waals surface area contributed by atoms with Crippen molar-refractivity contribution in [3.05, 3.63) is 12.4 Å². The lowest BCUT2D eigenvalue weighted by atomic mass is 9.96. The highest BCUT2D eigenvalue weighted by atomic mass is 19.4. The van der Waals surface area contributed by atoms with E-state index in [9.17, 15) is 13.2 Å². The number of hydrogen-bond donors (Lipinski definition) is 1. The number of nitrogens with zero attached hydrogens (tertiary/aromatic N) is 3. The molecule has 1 aromatic rings. The summed E-state index contributed by atoms with van der Waals surface area (Å²) in [5, 5.41) is 3.13. The summed E-state index contributed by atoms with van der Waals surface area (Å²) in [6.07, 6.45) is 0.368. The minimum absolute atomic E-state index is 0.123. The zero-order valence-electron chi connectivity index (χ0n) is 11.5. The van der Waals surface area contributed by atoms with E-state index in [2.05, 4.69) is 15.3 Å². The van der Waals surface area contributed by atoms with E-state index < -0.39 is 12.1 Å². The number of hydrogen-bond acceptors (Lipinski definition) is 4. The van der Waals surface area contributed by atoms with Crippen molar-refractivity contribution < 1.29 is 13.2 Å². The molecule has 2 heterocycles. The highest BCUT2D eigenvalue weighted by Gasteiger charge is 2.41. The fourth-order valence-corrected chi connectivity index (χ4v) is 2.28. The molecular weight excluding hydrogens is 269 g/mol. The molecule has 0 unspecified atom stereocenters. The van der Waals surface area contributed by atoms with Gasteiger partial charge in [-0.15, -0.1) is 0 Å². The second-order valence-corrected chi connectivity index (χ2v) is 4.99. The van der Waals surface area contributed by atoms with Crippen molar-refractivity contribution in [3.63, 3.8) is 0 Å². The lowest BCUT2D eigenvalue weighted by molar-refractivity contribution is -0.179. The highest BCUT2D eigenvalue weighted by Crippen LogP contribution is 2.34. The maximum atomic E-state index is 12.6. The van der Waals surface area contributed by atoms with E-state index in [1.54, 1.807) is 12.4 Å². The Kier molecular flexibility index (Phi) is 4.67. The molecule has 0 aromatic carbocycles. The number of anilines is 2. The fraction of sp³-hybridized carbons (Fsp3) is 0.692. The van der Waals surface area contributed by atoms with Gasteiger partial charge in [0.05, 0.1) is 18.3 Å². The molecule has 0 amide bonds. The van der Waals surface area contributed by atoms with Gasteiger partial charge in [0.1, 0.15) is 11.6 Å². The van der Waals surface area contributed by atoms with Gasteiger partial charge in [-0.2, -0.15) is 13.2 Å². The number of rotatable bonds is 4. The first-order chi connectivity index (χ1) is 9.50. The standard InChI is InChI=1S/C13H19F3N4/c1-2-5-18-11-8-17-9-12(19-11)20-6-3-10(4-7-20)13(14,15)16/h8-10H,2-7H2,1H3,(H,18,19). The minimum Gasteiger partial charge on any atom is -0.369 e. The van der Waals surface area contributed by atoms with Crippen molar-refractivity contribution in [2.24, 2.45) is 5.92 Å². The highest BCUT2D eigenvalue weighted by molar-refractivity contribution is 5.44. The Morgan fingerprint density at radius 2 is 2.00 bits per heavy atom. The van der Waals surface area contributed by atoms with Crippen LogP contribution in [-0.2, 0) is 0 Å². The summed E-state index contributed by atoms with van der Waals surface area (Å²) in [5.41, 5.74) is 0. The molecule has 2 rings (SSSR count). The molecule has 0 aliphatic carbocycles. The number of nitrogens with one attached hydrogen (secondary N) is 1. The van der Waals surface area contributed by atoms with Gasteiger partial charge in [0, 0.05) is 19.6 Å². The van der Waals surface area contributed by atoms with E-state index in [1.165, 1.54) is 0 Å². The van der Waals surface area contributed by atoms with Crippen molar-refractivity contribution in [1.82, 2.24) is 9.97 Å². The quantitative estimate of drug-likeness (QED) is 0.924. The molecule has 1 saturated heterocycles. The van der Waals surface area contributed by atoms with Crippen LogP contribution in [0.5, 0.6) is 0 Å². The van der Waals surface area contributed by atoms with Crippen LogP contribution < -0.4 is 10.2 Å². The van der Waals surface area contributed by atoms with Gasteiger partial charge >= 0.3 is 6.18 Å². The van der Waals surface area contributed by atoms with Gasteiger partial charge in [-0.05, 0) is 19.3 Å². The molecule has 0 bridgehead atoms. The Labute approximate surface area is 116 Å². The first-order valence-electron chi connectivity index (χ1n) is 6.88. The molecular formula is C13H19F3N4. The second kappa shape index (κ2) is 6.28. The van der Waals surface area contributed by atoms with Crippen molar-refractivity contribution in [2.45, 2.75) is 32.4 Å². The van der Waals surface area contributed by atoms with Crippen LogP contribution in [0.1, 0.15) is 26.2 Å². The van der Waals surface area contributed by atoms with E-state index in [4.69, 9.17) is 0 Å². The smallest absolute Gasteiger partial charge is 0.369 e. The predicted octanol–water partition coefficient (Wildman–Crippen LogP) is 3.08. The van der Waals surface area contributed by atoms with Crippen LogP contribution in [0.15, 0.2) is 12.4 Å². The average molecular weight is 288 g/mol. The third-order valence-electron chi connectivity index (χ3n) is 3.46. The van der Waals surface area contributed by atoms with Crippen molar-refractivity contribution in [3.8, 4) is 0 Å². The van der Waals surface area contributed by atoms with Crippen LogP contribution in [0.2, 0.25) is 0 Å². The fourth-order valence-electron chi connectivity index (χ4n) is 2.28. The lowest BCUT2D eigenvalue weighted by Gasteiger charge is -2.33. The van der Waals surface area contributed by atoms with Crippen LogP contribution in [0, 0.1) is 5.92 Å². The van der Waals surface area contributed by atoms with E-state index in [0.29, 0.717) is 24.7 Å². The minimum atomic E-state index is -4.08. The predicted molar refractivity (Wildman–Crippen MR) is 71.8 cm³/mol. The summed E-state index contributed by atoms with van der Waals surface area (Å²) in [4.78, 5) is 10.4. The topological polar surface area (TPSA) is 41.1 Å². The summed E-state index contributed by atoms with van der Waals surface area (Å²) in [6.45, 7) is 3.59. The monoisotopic (exact) mass is 288 g/mol. The Hall–Kier alpha value is -1.53. The Morgan fingerprint density at radius 1 is 1.30 bits per heavy atom. The van der Waals surface area contributed by atoms with E-state index in [1.807, 2.05) is 11.8 Å². The van der Waals surface area contributed by atoms with Crippen LogP contribution in [0.3, 0.4) is 0 Å². The van der Waals surface area contributed by atoms with E-state index in [0.717, 1.165) is 13.0 Å². The number of halogens is 3. The van der Waals surface area contributed by atoms with Gasteiger partial charge in [0.2, 0.25) is 0 Å². The number of piperidine rings is 1. The first-order valence-corrected chi connectivity index (χ1v) is 6.88. The molecule has 112 valence electrons. The Morgan fingerprint density at radius 3 is 2.60 bits per heavy atom. The molecule has 0 saturated carbocycles. The summed E-state index contributed by atoms with van der Waals surface area (Å²) in [5.74, 6) is 0.127. The molecule has 1 N–H and O–H groups in total. The molecule has 20 heavy (non-hydrogen) atoms. The van der Waals surface area contributed by atoms with Crippen LogP contribution in [-0.4, -0.2) is 35.8 Å². The Balaban J connectivity index is 1.96. The largest absolute Gasteiger partial charge is 0.391 e. The zero-order valence-corrected chi connectivity index (χ0v) is 11.5. The average Bonchev–Trinajstić information content (AvgIpc) is 2.45. The van der Waals surface area contributed by atoms with Crippen molar-refractivity contribution in [2.75, 3.05) is 29.9 Å². The normalized spacial score (nSPS) is 17.3. The van der Waals surface area contributed by atoms with Crippen LogP contribution >= 0.6 is 0 Å². The zero-order chi connectivity index (χ0) is 14.6. The maximum Gasteiger partial charge on any atom is 0.391 e. The number of alkyl halides is 3. The van der Waals surface area contributed by atoms with Gasteiger partial charge in [0.15, 0.2) is 0 Å². The van der Waals surface area contributed by atoms with Gasteiger partial charge in [-0.3, -0.25) is 4.98 Å². The molecule has 1 aliphatic rings. The molecule has 1 fully saturated rings. The molecule has 1 aromatic heterocycles. The molecule has 0 atom stereocenters. The third-order valence-corrected chi connectivity index (χ3v) is 3.46. The summed E-state index contributed by atoms with van der Waals surface area (Å²) >= 11 is 0. The molecule has 0 spiro atoms. The summed E-state index contributed by atoms with van der Waals surface area (Å²) in [7, 11) is 0. The lowest BCUT2D eigenvalue weighted by Crippen LogP contribution is -2.39. The second-order valence-electron chi connectivity index (χ2n) is 4.99. The van der Waals surface area contributed by atoms with Gasteiger partial charge in [0.25, 0.3) is 0 Å².